The van der Waals surface area contributed by atoms with E-state index in [1.807, 2.05) is 0 Å². The molecule has 2 fully saturated rings. The molecular weight excluding hydrogens is 431 g/mol. The number of morpholine rings is 1. The zero-order valence-electron chi connectivity index (χ0n) is 15.4. The standard InChI is InChI=1S/C17H24ClFN2O5S2/c18-15-3-1-4-16(17(15)19)28(24,25)21(14-5-12-27(22,23)13-14)7-2-6-20-8-10-26-11-9-20/h1,3-4,14H,2,5-13H2. The molecule has 0 aliphatic carbocycles. The SMILES string of the molecule is O=S1(=O)CCC(N(CCCN2CCOCC2)S(=O)(=O)c2cccc(Cl)c2F)C1. The Bertz CT molecular complexity index is 904. The summed E-state index contributed by atoms with van der Waals surface area (Å²) in [5.74, 6) is -1.32. The minimum Gasteiger partial charge on any atom is -0.379 e. The van der Waals surface area contributed by atoms with Gasteiger partial charge in [0, 0.05) is 25.7 Å². The summed E-state index contributed by atoms with van der Waals surface area (Å²) < 4.78 is 71.1. The molecule has 11 heteroatoms. The number of sulfone groups is 1. The van der Waals surface area contributed by atoms with E-state index < -0.39 is 36.6 Å². The van der Waals surface area contributed by atoms with E-state index in [2.05, 4.69) is 4.90 Å². The van der Waals surface area contributed by atoms with Gasteiger partial charge < -0.3 is 4.74 Å². The topological polar surface area (TPSA) is 84.0 Å². The molecule has 3 rings (SSSR count). The Morgan fingerprint density at radius 2 is 2.00 bits per heavy atom. The maximum Gasteiger partial charge on any atom is 0.246 e. The third kappa shape index (κ3) is 5.03. The lowest BCUT2D eigenvalue weighted by molar-refractivity contribution is 0.0367. The molecule has 1 unspecified atom stereocenters. The van der Waals surface area contributed by atoms with Crippen molar-refractivity contribution in [3.8, 4) is 0 Å². The molecule has 0 bridgehead atoms. The van der Waals surface area contributed by atoms with Gasteiger partial charge >= 0.3 is 0 Å². The van der Waals surface area contributed by atoms with Gasteiger partial charge in [-0.1, -0.05) is 17.7 Å². The van der Waals surface area contributed by atoms with Crippen molar-refractivity contribution in [2.24, 2.45) is 0 Å². The van der Waals surface area contributed by atoms with Gasteiger partial charge in [-0.25, -0.2) is 21.2 Å². The molecule has 7 nitrogen and oxygen atoms in total. The van der Waals surface area contributed by atoms with Crippen molar-refractivity contribution in [2.75, 3.05) is 50.9 Å². The van der Waals surface area contributed by atoms with E-state index in [-0.39, 0.29) is 29.5 Å². The first-order chi connectivity index (χ1) is 13.2. The Kier molecular flexibility index (Phi) is 6.99. The molecule has 2 saturated heterocycles. The summed E-state index contributed by atoms with van der Waals surface area (Å²) in [5.41, 5.74) is 0. The van der Waals surface area contributed by atoms with Gasteiger partial charge in [-0.15, -0.1) is 0 Å². The van der Waals surface area contributed by atoms with E-state index in [0.717, 1.165) is 23.5 Å². The lowest BCUT2D eigenvalue weighted by Gasteiger charge is -2.30. The maximum atomic E-state index is 14.4. The van der Waals surface area contributed by atoms with Crippen LogP contribution < -0.4 is 0 Å². The summed E-state index contributed by atoms with van der Waals surface area (Å²) in [6.45, 7) is 3.59. The van der Waals surface area contributed by atoms with Crippen molar-refractivity contribution in [3.05, 3.63) is 29.0 Å². The van der Waals surface area contributed by atoms with E-state index in [4.69, 9.17) is 16.3 Å². The van der Waals surface area contributed by atoms with Gasteiger partial charge in [-0.05, 0) is 31.5 Å². The molecular formula is C17H24ClFN2O5S2. The fourth-order valence-electron chi connectivity index (χ4n) is 3.59. The molecule has 0 saturated carbocycles. The molecule has 0 amide bonds. The molecule has 158 valence electrons. The molecule has 2 aliphatic heterocycles. The summed E-state index contributed by atoms with van der Waals surface area (Å²) in [4.78, 5) is 1.65. The van der Waals surface area contributed by atoms with Crippen molar-refractivity contribution in [1.29, 1.82) is 0 Å². The summed E-state index contributed by atoms with van der Waals surface area (Å²) in [5, 5.41) is -0.284. The molecule has 1 aromatic rings. The second-order valence-corrected chi connectivity index (χ2v) is 11.5. The average molecular weight is 455 g/mol. The first-order valence-corrected chi connectivity index (χ1v) is 12.8. The van der Waals surface area contributed by atoms with Crippen LogP contribution >= 0.6 is 11.6 Å². The van der Waals surface area contributed by atoms with Crippen LogP contribution in [0, 0.1) is 5.82 Å². The van der Waals surface area contributed by atoms with E-state index >= 15 is 0 Å². The van der Waals surface area contributed by atoms with Gasteiger partial charge in [0.25, 0.3) is 0 Å². The van der Waals surface area contributed by atoms with Crippen LogP contribution in [0.25, 0.3) is 0 Å². The Balaban J connectivity index is 1.81. The van der Waals surface area contributed by atoms with Gasteiger partial charge in [-0.3, -0.25) is 4.90 Å². The van der Waals surface area contributed by atoms with Crippen LogP contribution in [0.2, 0.25) is 5.02 Å². The zero-order chi connectivity index (χ0) is 20.4. The van der Waals surface area contributed by atoms with Crippen molar-refractivity contribution >= 4 is 31.5 Å². The van der Waals surface area contributed by atoms with Crippen LogP contribution in [0.5, 0.6) is 0 Å². The fourth-order valence-corrected chi connectivity index (χ4v) is 7.42. The molecule has 0 spiro atoms. The van der Waals surface area contributed by atoms with Crippen LogP contribution in [0.4, 0.5) is 4.39 Å². The number of benzene rings is 1. The van der Waals surface area contributed by atoms with Gasteiger partial charge in [0.05, 0.1) is 29.7 Å². The second kappa shape index (κ2) is 8.93. The number of rotatable bonds is 7. The van der Waals surface area contributed by atoms with E-state index in [1.54, 1.807) is 0 Å². The molecule has 1 aromatic carbocycles. The van der Waals surface area contributed by atoms with Crippen molar-refractivity contribution in [1.82, 2.24) is 9.21 Å². The molecule has 0 aromatic heterocycles. The summed E-state index contributed by atoms with van der Waals surface area (Å²) in [7, 11) is -7.52. The molecule has 2 aliphatic rings. The predicted molar refractivity (Wildman–Crippen MR) is 104 cm³/mol. The fraction of sp³-hybridized carbons (Fsp3) is 0.647. The molecule has 2 heterocycles. The van der Waals surface area contributed by atoms with Crippen molar-refractivity contribution < 1.29 is 26.0 Å². The highest BCUT2D eigenvalue weighted by molar-refractivity contribution is 7.92. The number of halogens is 2. The Hall–Kier alpha value is -0.780. The lowest BCUT2D eigenvalue weighted by atomic mass is 10.2. The third-order valence-electron chi connectivity index (χ3n) is 5.08. The van der Waals surface area contributed by atoms with Gasteiger partial charge in [0.2, 0.25) is 10.0 Å². The summed E-state index contributed by atoms with van der Waals surface area (Å²) >= 11 is 5.76. The minimum absolute atomic E-state index is 0.0643. The van der Waals surface area contributed by atoms with Crippen molar-refractivity contribution in [3.63, 3.8) is 0 Å². The quantitative estimate of drug-likeness (QED) is 0.619. The normalized spacial score (nSPS) is 23.3. The molecule has 0 N–H and O–H groups in total. The second-order valence-electron chi connectivity index (χ2n) is 7.03. The van der Waals surface area contributed by atoms with E-state index in [9.17, 15) is 21.2 Å². The zero-order valence-corrected chi connectivity index (χ0v) is 17.8. The van der Waals surface area contributed by atoms with E-state index in [0.29, 0.717) is 26.2 Å². The first kappa shape index (κ1) is 21.9. The summed E-state index contributed by atoms with van der Waals surface area (Å²) in [6.07, 6.45) is 0.721. The molecule has 1 atom stereocenters. The Morgan fingerprint density at radius 3 is 2.64 bits per heavy atom. The number of ether oxygens (including phenoxy) is 1. The highest BCUT2D eigenvalue weighted by atomic mass is 35.5. The van der Waals surface area contributed by atoms with Crippen LogP contribution in [0.3, 0.4) is 0 Å². The van der Waals surface area contributed by atoms with Crippen LogP contribution in [0.15, 0.2) is 23.1 Å². The number of sulfonamides is 1. The third-order valence-corrected chi connectivity index (χ3v) is 9.09. The monoisotopic (exact) mass is 454 g/mol. The molecule has 28 heavy (non-hydrogen) atoms. The van der Waals surface area contributed by atoms with E-state index in [1.165, 1.54) is 12.1 Å². The summed E-state index contributed by atoms with van der Waals surface area (Å²) in [6, 6.07) is 3.11. The Labute approximate surface area is 170 Å². The minimum atomic E-state index is -4.22. The lowest BCUT2D eigenvalue weighted by Crippen LogP contribution is -2.43. The van der Waals surface area contributed by atoms with Crippen LogP contribution in [0.1, 0.15) is 12.8 Å². The first-order valence-electron chi connectivity index (χ1n) is 9.17. The number of hydrogen-bond acceptors (Lipinski definition) is 6. The highest BCUT2D eigenvalue weighted by Crippen LogP contribution is 2.29. The smallest absolute Gasteiger partial charge is 0.246 e. The molecule has 0 radical (unpaired) electrons. The van der Waals surface area contributed by atoms with Crippen molar-refractivity contribution in [2.45, 2.75) is 23.8 Å². The van der Waals surface area contributed by atoms with Gasteiger partial charge in [-0.2, -0.15) is 4.31 Å². The van der Waals surface area contributed by atoms with Gasteiger partial charge in [0.15, 0.2) is 15.7 Å². The average Bonchev–Trinajstić information content (AvgIpc) is 3.01. The Morgan fingerprint density at radius 1 is 1.29 bits per heavy atom. The number of hydrogen-bond donors (Lipinski definition) is 0. The largest absolute Gasteiger partial charge is 0.379 e. The predicted octanol–water partition coefficient (Wildman–Crippen LogP) is 1.38. The highest BCUT2D eigenvalue weighted by Gasteiger charge is 2.39. The van der Waals surface area contributed by atoms with Crippen LogP contribution in [-0.4, -0.2) is 83.0 Å². The van der Waals surface area contributed by atoms with Crippen LogP contribution in [-0.2, 0) is 24.6 Å². The number of nitrogens with zero attached hydrogens (tertiary/aromatic N) is 2. The van der Waals surface area contributed by atoms with Gasteiger partial charge in [0.1, 0.15) is 4.90 Å². The maximum absolute atomic E-state index is 14.4.